The molecule has 3 heterocycles. The molecule has 0 bridgehead atoms. The van der Waals surface area contributed by atoms with Gasteiger partial charge in [0.25, 0.3) is 0 Å². The van der Waals surface area contributed by atoms with Crippen LogP contribution in [0, 0.1) is 0 Å². The standard InChI is InChI=1S/C42H27N5/c1-4-12-28(13-5-1)32-20-23-35-37(26-32)47(36-24-21-29-14-10-11-19-34(29)39(35)36)38-25-22-33(27-43-38)42-45-40(30-15-6-2-7-16-30)44-41(46-42)31-17-8-3-9-18-31/h1-27H. The molecular formula is C42H27N5. The lowest BCUT2D eigenvalue weighted by atomic mass is 10.0. The van der Waals surface area contributed by atoms with Crippen molar-refractivity contribution in [1.82, 2.24) is 24.5 Å². The number of fused-ring (bicyclic) bond motifs is 5. The van der Waals surface area contributed by atoms with Crippen molar-refractivity contribution in [2.24, 2.45) is 0 Å². The van der Waals surface area contributed by atoms with Crippen molar-refractivity contribution in [2.75, 3.05) is 0 Å². The summed E-state index contributed by atoms with van der Waals surface area (Å²) in [7, 11) is 0. The molecular weight excluding hydrogens is 574 g/mol. The molecule has 0 spiro atoms. The Morgan fingerprint density at radius 1 is 0.383 bits per heavy atom. The molecule has 9 rings (SSSR count). The van der Waals surface area contributed by atoms with E-state index in [0.717, 1.165) is 39.1 Å². The first-order chi connectivity index (χ1) is 23.3. The quantitative estimate of drug-likeness (QED) is 0.197. The molecule has 0 aliphatic carbocycles. The SMILES string of the molecule is c1ccc(-c2ccc3c4c5ccccc5ccc4n(-c4ccc(-c5nc(-c6ccccc6)nc(-c6ccccc6)n5)cn4)c3c2)cc1. The summed E-state index contributed by atoms with van der Waals surface area (Å²) in [6.07, 6.45) is 1.87. The fraction of sp³-hybridized carbons (Fsp3) is 0. The van der Waals surface area contributed by atoms with Crippen LogP contribution in [0.25, 0.3) is 83.7 Å². The topological polar surface area (TPSA) is 56.5 Å². The van der Waals surface area contributed by atoms with Gasteiger partial charge in [-0.05, 0) is 46.2 Å². The fourth-order valence-electron chi connectivity index (χ4n) is 6.43. The van der Waals surface area contributed by atoms with Crippen LogP contribution in [0.15, 0.2) is 164 Å². The van der Waals surface area contributed by atoms with Crippen LogP contribution >= 0.6 is 0 Å². The second-order valence-corrected chi connectivity index (χ2v) is 11.6. The maximum Gasteiger partial charge on any atom is 0.165 e. The highest BCUT2D eigenvalue weighted by Gasteiger charge is 2.18. The third-order valence-corrected chi connectivity index (χ3v) is 8.70. The van der Waals surface area contributed by atoms with E-state index >= 15 is 0 Å². The van der Waals surface area contributed by atoms with Gasteiger partial charge in [0.1, 0.15) is 5.82 Å². The highest BCUT2D eigenvalue weighted by atomic mass is 15.1. The lowest BCUT2D eigenvalue weighted by Gasteiger charge is -2.10. The number of nitrogens with zero attached hydrogens (tertiary/aromatic N) is 5. The highest BCUT2D eigenvalue weighted by Crippen LogP contribution is 2.38. The lowest BCUT2D eigenvalue weighted by molar-refractivity contribution is 1.05. The van der Waals surface area contributed by atoms with Crippen LogP contribution in [0.4, 0.5) is 0 Å². The largest absolute Gasteiger partial charge is 0.294 e. The predicted octanol–water partition coefficient (Wildman–Crippen LogP) is 10.2. The van der Waals surface area contributed by atoms with Gasteiger partial charge in [0.15, 0.2) is 17.5 Å². The highest BCUT2D eigenvalue weighted by molar-refractivity contribution is 6.21. The molecule has 0 aliphatic heterocycles. The summed E-state index contributed by atoms with van der Waals surface area (Å²) in [4.78, 5) is 19.7. The number of rotatable bonds is 5. The van der Waals surface area contributed by atoms with Gasteiger partial charge in [-0.1, -0.05) is 133 Å². The van der Waals surface area contributed by atoms with Crippen molar-refractivity contribution in [3.63, 3.8) is 0 Å². The molecule has 0 saturated carbocycles. The normalized spacial score (nSPS) is 11.4. The van der Waals surface area contributed by atoms with Gasteiger partial charge in [-0.25, -0.2) is 19.9 Å². The van der Waals surface area contributed by atoms with Crippen molar-refractivity contribution in [1.29, 1.82) is 0 Å². The maximum atomic E-state index is 5.05. The third-order valence-electron chi connectivity index (χ3n) is 8.70. The summed E-state index contributed by atoms with van der Waals surface area (Å²) < 4.78 is 2.27. The van der Waals surface area contributed by atoms with Crippen molar-refractivity contribution in [2.45, 2.75) is 0 Å². The molecule has 0 atom stereocenters. The van der Waals surface area contributed by atoms with Crippen LogP contribution in [-0.4, -0.2) is 24.5 Å². The number of benzene rings is 6. The van der Waals surface area contributed by atoms with Crippen LogP contribution in [0.3, 0.4) is 0 Å². The van der Waals surface area contributed by atoms with Crippen LogP contribution in [0.1, 0.15) is 0 Å². The smallest absolute Gasteiger partial charge is 0.165 e. The molecule has 47 heavy (non-hydrogen) atoms. The second kappa shape index (κ2) is 11.2. The molecule has 0 radical (unpaired) electrons. The Morgan fingerprint density at radius 2 is 0.957 bits per heavy atom. The van der Waals surface area contributed by atoms with E-state index in [-0.39, 0.29) is 0 Å². The first-order valence-electron chi connectivity index (χ1n) is 15.7. The zero-order valence-corrected chi connectivity index (χ0v) is 25.3. The Labute approximate surface area is 271 Å². The van der Waals surface area contributed by atoms with Gasteiger partial charge in [0.05, 0.1) is 11.0 Å². The minimum atomic E-state index is 0.580. The van der Waals surface area contributed by atoms with Gasteiger partial charge in [-0.3, -0.25) is 4.57 Å². The zero-order valence-electron chi connectivity index (χ0n) is 25.3. The first kappa shape index (κ1) is 26.9. The molecule has 0 amide bonds. The van der Waals surface area contributed by atoms with Crippen LogP contribution in [0.5, 0.6) is 0 Å². The zero-order chi connectivity index (χ0) is 31.2. The van der Waals surface area contributed by atoms with Crippen LogP contribution < -0.4 is 0 Å². The average molecular weight is 602 g/mol. The molecule has 6 aromatic carbocycles. The lowest BCUT2D eigenvalue weighted by Crippen LogP contribution is -2.01. The van der Waals surface area contributed by atoms with Gasteiger partial charge in [-0.2, -0.15) is 0 Å². The number of hydrogen-bond donors (Lipinski definition) is 0. The molecule has 9 aromatic rings. The fourth-order valence-corrected chi connectivity index (χ4v) is 6.43. The summed E-state index contributed by atoms with van der Waals surface area (Å²) in [5.41, 5.74) is 7.25. The number of hydrogen-bond acceptors (Lipinski definition) is 4. The Hall–Kier alpha value is -6.46. The van der Waals surface area contributed by atoms with Gasteiger partial charge in [0.2, 0.25) is 0 Å². The molecule has 220 valence electrons. The van der Waals surface area contributed by atoms with E-state index in [9.17, 15) is 0 Å². The Kier molecular flexibility index (Phi) is 6.39. The summed E-state index contributed by atoms with van der Waals surface area (Å²) in [5, 5.41) is 4.86. The Morgan fingerprint density at radius 3 is 1.60 bits per heavy atom. The number of pyridine rings is 1. The molecule has 0 fully saturated rings. The van der Waals surface area contributed by atoms with E-state index in [1.54, 1.807) is 0 Å². The van der Waals surface area contributed by atoms with Crippen LogP contribution in [-0.2, 0) is 0 Å². The number of aromatic nitrogens is 5. The summed E-state index contributed by atoms with van der Waals surface area (Å²) in [6.45, 7) is 0. The molecule has 0 unspecified atom stereocenters. The minimum absolute atomic E-state index is 0.580. The van der Waals surface area contributed by atoms with Crippen LogP contribution in [0.2, 0.25) is 0 Å². The second-order valence-electron chi connectivity index (χ2n) is 11.6. The molecule has 5 heteroatoms. The third kappa shape index (κ3) is 4.73. The summed E-state index contributed by atoms with van der Waals surface area (Å²) in [5.74, 6) is 2.66. The van der Waals surface area contributed by atoms with Crippen molar-refractivity contribution < 1.29 is 0 Å². The van der Waals surface area contributed by atoms with Crippen molar-refractivity contribution in [3.05, 3.63) is 164 Å². The Bertz CT molecular complexity index is 2480. The van der Waals surface area contributed by atoms with E-state index in [1.165, 1.54) is 27.1 Å². The van der Waals surface area contributed by atoms with Gasteiger partial charge in [-0.15, -0.1) is 0 Å². The van der Waals surface area contributed by atoms with E-state index in [2.05, 4.69) is 102 Å². The average Bonchev–Trinajstić information content (AvgIpc) is 3.50. The molecule has 0 aliphatic rings. The first-order valence-corrected chi connectivity index (χ1v) is 15.7. The van der Waals surface area contributed by atoms with Gasteiger partial charge in [0, 0.05) is 33.7 Å². The van der Waals surface area contributed by atoms with Crippen molar-refractivity contribution >= 4 is 32.6 Å². The molecule has 3 aromatic heterocycles. The van der Waals surface area contributed by atoms with E-state index in [1.807, 2.05) is 66.9 Å². The Balaban J connectivity index is 1.22. The minimum Gasteiger partial charge on any atom is -0.294 e. The van der Waals surface area contributed by atoms with E-state index < -0.39 is 0 Å². The predicted molar refractivity (Wildman–Crippen MR) is 191 cm³/mol. The summed E-state index contributed by atoms with van der Waals surface area (Å²) >= 11 is 0. The molecule has 5 nitrogen and oxygen atoms in total. The monoisotopic (exact) mass is 601 g/mol. The summed E-state index contributed by atoms with van der Waals surface area (Å²) in [6, 6.07) is 54.4. The van der Waals surface area contributed by atoms with E-state index in [4.69, 9.17) is 19.9 Å². The van der Waals surface area contributed by atoms with Gasteiger partial charge < -0.3 is 0 Å². The van der Waals surface area contributed by atoms with Crippen molar-refractivity contribution in [3.8, 4) is 51.1 Å². The maximum absolute atomic E-state index is 5.05. The molecule has 0 N–H and O–H groups in total. The molecule has 0 saturated heterocycles. The van der Waals surface area contributed by atoms with E-state index in [0.29, 0.717) is 17.5 Å². The van der Waals surface area contributed by atoms with Gasteiger partial charge >= 0.3 is 0 Å².